The lowest BCUT2D eigenvalue weighted by molar-refractivity contribution is 0.318. The van der Waals surface area contributed by atoms with E-state index in [2.05, 4.69) is 4.98 Å². The molecule has 0 amide bonds. The predicted molar refractivity (Wildman–Crippen MR) is 81.1 cm³/mol. The van der Waals surface area contributed by atoms with E-state index < -0.39 is 0 Å². The van der Waals surface area contributed by atoms with E-state index in [0.717, 1.165) is 40.2 Å². The van der Waals surface area contributed by atoms with Crippen LogP contribution in [-0.2, 0) is 6.54 Å². The van der Waals surface area contributed by atoms with Crippen LogP contribution >= 0.6 is 11.8 Å². The maximum Gasteiger partial charge on any atom is 0.256 e. The van der Waals surface area contributed by atoms with Gasteiger partial charge in [0.05, 0.1) is 12.3 Å². The Morgan fingerprint density at radius 3 is 2.60 bits per heavy atom. The van der Waals surface area contributed by atoms with Gasteiger partial charge in [-0.1, -0.05) is 23.9 Å². The SMILES string of the molecule is Cc1nc(SCCCOc2ccc(CN)cc2)oc1C. The topological polar surface area (TPSA) is 61.3 Å². The summed E-state index contributed by atoms with van der Waals surface area (Å²) in [5.41, 5.74) is 7.62. The Bertz CT molecular complexity index is 518. The van der Waals surface area contributed by atoms with Crippen molar-refractivity contribution in [1.29, 1.82) is 0 Å². The standard InChI is InChI=1S/C15H20N2O2S/c1-11-12(2)19-15(17-11)20-9-3-8-18-14-6-4-13(10-16)5-7-14/h4-7H,3,8-10,16H2,1-2H3. The molecule has 0 aliphatic heterocycles. The number of hydrogen-bond donors (Lipinski definition) is 1. The minimum absolute atomic E-state index is 0.561. The summed E-state index contributed by atoms with van der Waals surface area (Å²) in [6.07, 6.45) is 0.948. The van der Waals surface area contributed by atoms with E-state index in [9.17, 15) is 0 Å². The molecule has 4 nitrogen and oxygen atoms in total. The van der Waals surface area contributed by atoms with Crippen LogP contribution in [0.1, 0.15) is 23.4 Å². The molecule has 1 heterocycles. The first-order valence-electron chi connectivity index (χ1n) is 6.67. The highest BCUT2D eigenvalue weighted by atomic mass is 32.2. The van der Waals surface area contributed by atoms with E-state index >= 15 is 0 Å². The van der Waals surface area contributed by atoms with E-state index in [4.69, 9.17) is 14.9 Å². The van der Waals surface area contributed by atoms with Crippen molar-refractivity contribution in [1.82, 2.24) is 4.98 Å². The van der Waals surface area contributed by atoms with Crippen LogP contribution < -0.4 is 10.5 Å². The highest BCUT2D eigenvalue weighted by molar-refractivity contribution is 7.99. The first-order chi connectivity index (χ1) is 9.69. The molecule has 0 unspecified atom stereocenters. The highest BCUT2D eigenvalue weighted by Gasteiger charge is 2.05. The van der Waals surface area contributed by atoms with Gasteiger partial charge in [-0.15, -0.1) is 0 Å². The average Bonchev–Trinajstić information content (AvgIpc) is 2.78. The van der Waals surface area contributed by atoms with Crippen molar-refractivity contribution in [2.75, 3.05) is 12.4 Å². The van der Waals surface area contributed by atoms with Crippen molar-refractivity contribution >= 4 is 11.8 Å². The van der Waals surface area contributed by atoms with Gasteiger partial charge in [-0.2, -0.15) is 0 Å². The summed E-state index contributed by atoms with van der Waals surface area (Å²) in [5, 5.41) is 0.743. The molecule has 0 radical (unpaired) electrons. The molecule has 1 aromatic heterocycles. The molecular formula is C15H20N2O2S. The lowest BCUT2D eigenvalue weighted by Crippen LogP contribution is -2.00. The molecule has 5 heteroatoms. The van der Waals surface area contributed by atoms with E-state index in [1.807, 2.05) is 38.1 Å². The Balaban J connectivity index is 1.66. The molecule has 0 bridgehead atoms. The Morgan fingerprint density at radius 1 is 1.25 bits per heavy atom. The zero-order chi connectivity index (χ0) is 14.4. The molecular weight excluding hydrogens is 272 g/mol. The molecule has 2 rings (SSSR count). The number of nitrogens with zero attached hydrogens (tertiary/aromatic N) is 1. The first-order valence-corrected chi connectivity index (χ1v) is 7.66. The van der Waals surface area contributed by atoms with Crippen molar-refractivity contribution in [3.8, 4) is 5.75 Å². The molecule has 20 heavy (non-hydrogen) atoms. The zero-order valence-corrected chi connectivity index (χ0v) is 12.7. The summed E-state index contributed by atoms with van der Waals surface area (Å²) < 4.78 is 11.2. The number of rotatable bonds is 7. The van der Waals surface area contributed by atoms with Crippen LogP contribution in [0.2, 0.25) is 0 Å². The molecule has 0 fully saturated rings. The van der Waals surface area contributed by atoms with Crippen LogP contribution in [0.15, 0.2) is 33.9 Å². The number of oxazole rings is 1. The van der Waals surface area contributed by atoms with E-state index in [-0.39, 0.29) is 0 Å². The smallest absolute Gasteiger partial charge is 0.256 e. The van der Waals surface area contributed by atoms with Crippen molar-refractivity contribution in [3.63, 3.8) is 0 Å². The lowest BCUT2D eigenvalue weighted by Gasteiger charge is -2.06. The second-order valence-electron chi connectivity index (χ2n) is 4.52. The molecule has 1 aromatic carbocycles. The van der Waals surface area contributed by atoms with Crippen LogP contribution in [0.25, 0.3) is 0 Å². The normalized spacial score (nSPS) is 10.8. The van der Waals surface area contributed by atoms with Crippen LogP contribution in [0.4, 0.5) is 0 Å². The fraction of sp³-hybridized carbons (Fsp3) is 0.400. The molecule has 2 N–H and O–H groups in total. The van der Waals surface area contributed by atoms with Gasteiger partial charge < -0.3 is 14.9 Å². The average molecular weight is 292 g/mol. The summed E-state index contributed by atoms with van der Waals surface area (Å²) in [4.78, 5) is 4.33. The first kappa shape index (κ1) is 14.9. The number of aromatic nitrogens is 1. The Hall–Kier alpha value is -1.46. The van der Waals surface area contributed by atoms with Crippen molar-refractivity contribution < 1.29 is 9.15 Å². The van der Waals surface area contributed by atoms with Gasteiger partial charge in [-0.05, 0) is 38.0 Å². The number of aryl methyl sites for hydroxylation is 2. The molecule has 0 saturated heterocycles. The summed E-state index contributed by atoms with van der Waals surface area (Å²) in [7, 11) is 0. The zero-order valence-electron chi connectivity index (χ0n) is 11.9. The third-order valence-electron chi connectivity index (χ3n) is 2.95. The Morgan fingerprint density at radius 2 is 2.00 bits per heavy atom. The number of hydrogen-bond acceptors (Lipinski definition) is 5. The largest absolute Gasteiger partial charge is 0.494 e. The summed E-state index contributed by atoms with van der Waals surface area (Å²) in [6, 6.07) is 7.89. The maximum atomic E-state index is 5.67. The Labute approximate surface area is 123 Å². The molecule has 0 aliphatic carbocycles. The van der Waals surface area contributed by atoms with Gasteiger partial charge in [0.15, 0.2) is 0 Å². The second-order valence-corrected chi connectivity index (χ2v) is 5.57. The van der Waals surface area contributed by atoms with Crippen LogP contribution in [0.3, 0.4) is 0 Å². The van der Waals surface area contributed by atoms with Crippen molar-refractivity contribution in [3.05, 3.63) is 41.3 Å². The molecule has 0 aliphatic rings. The summed E-state index contributed by atoms with van der Waals surface area (Å²) in [5.74, 6) is 2.71. The van der Waals surface area contributed by atoms with Crippen LogP contribution in [-0.4, -0.2) is 17.3 Å². The van der Waals surface area contributed by atoms with Crippen LogP contribution in [0, 0.1) is 13.8 Å². The van der Waals surface area contributed by atoms with Gasteiger partial charge >= 0.3 is 0 Å². The van der Waals surface area contributed by atoms with Gasteiger partial charge in [0, 0.05) is 12.3 Å². The fourth-order valence-electron chi connectivity index (χ4n) is 1.64. The minimum Gasteiger partial charge on any atom is -0.494 e. The summed E-state index contributed by atoms with van der Waals surface area (Å²) >= 11 is 1.62. The van der Waals surface area contributed by atoms with Crippen molar-refractivity contribution in [2.45, 2.75) is 32.0 Å². The fourth-order valence-corrected chi connectivity index (χ4v) is 2.46. The monoisotopic (exact) mass is 292 g/mol. The summed E-state index contributed by atoms with van der Waals surface area (Å²) in [6.45, 7) is 5.14. The van der Waals surface area contributed by atoms with Crippen molar-refractivity contribution in [2.24, 2.45) is 5.73 Å². The maximum absolute atomic E-state index is 5.67. The number of nitrogens with two attached hydrogens (primary N) is 1. The van der Waals surface area contributed by atoms with E-state index in [0.29, 0.717) is 13.2 Å². The molecule has 0 spiro atoms. The van der Waals surface area contributed by atoms with Crippen LogP contribution in [0.5, 0.6) is 5.75 Å². The van der Waals surface area contributed by atoms with Gasteiger partial charge in [-0.3, -0.25) is 0 Å². The molecule has 0 saturated carbocycles. The lowest BCUT2D eigenvalue weighted by atomic mass is 10.2. The van der Waals surface area contributed by atoms with Gasteiger partial charge in [-0.25, -0.2) is 4.98 Å². The molecule has 2 aromatic rings. The number of benzene rings is 1. The van der Waals surface area contributed by atoms with Gasteiger partial charge in [0.2, 0.25) is 0 Å². The molecule has 108 valence electrons. The Kier molecular flexibility index (Phi) is 5.49. The predicted octanol–water partition coefficient (Wildman–Crippen LogP) is 3.31. The molecule has 0 atom stereocenters. The van der Waals surface area contributed by atoms with E-state index in [1.54, 1.807) is 11.8 Å². The third-order valence-corrected chi connectivity index (χ3v) is 3.87. The highest BCUT2D eigenvalue weighted by Crippen LogP contribution is 2.21. The van der Waals surface area contributed by atoms with Gasteiger partial charge in [0.1, 0.15) is 11.5 Å². The number of thioether (sulfide) groups is 1. The third kappa shape index (κ3) is 4.28. The van der Waals surface area contributed by atoms with Gasteiger partial charge in [0.25, 0.3) is 5.22 Å². The minimum atomic E-state index is 0.561. The van der Waals surface area contributed by atoms with E-state index in [1.165, 1.54) is 0 Å². The number of ether oxygens (including phenoxy) is 1. The second kappa shape index (κ2) is 7.36. The quantitative estimate of drug-likeness (QED) is 0.626.